The number of fused-ring (bicyclic) bond motifs is 3. The van der Waals surface area contributed by atoms with E-state index in [0.29, 0.717) is 16.8 Å². The van der Waals surface area contributed by atoms with Crippen molar-refractivity contribution in [3.05, 3.63) is 64.4 Å². The molecule has 1 fully saturated rings. The maximum atomic E-state index is 13.6. The minimum absolute atomic E-state index is 0.0229. The van der Waals surface area contributed by atoms with Gasteiger partial charge in [0.15, 0.2) is 11.4 Å². The average molecular weight is 547 g/mol. The third-order valence-corrected chi connectivity index (χ3v) is 8.08. The van der Waals surface area contributed by atoms with Gasteiger partial charge in [0.25, 0.3) is 5.91 Å². The Bertz CT molecular complexity index is 1560. The molecule has 10 heteroatoms. The summed E-state index contributed by atoms with van der Waals surface area (Å²) in [6.07, 6.45) is -0.132. The van der Waals surface area contributed by atoms with Gasteiger partial charge in [0.1, 0.15) is 22.8 Å². The molecule has 40 heavy (non-hydrogen) atoms. The number of aliphatic hydroxyl groups is 3. The van der Waals surface area contributed by atoms with Crippen molar-refractivity contribution in [1.82, 2.24) is 0 Å². The Kier molecular flexibility index (Phi) is 6.14. The van der Waals surface area contributed by atoms with E-state index >= 15 is 0 Å². The highest BCUT2D eigenvalue weighted by atomic mass is 16.3. The van der Waals surface area contributed by atoms with Gasteiger partial charge in [0.2, 0.25) is 11.7 Å². The molecule has 0 aromatic heterocycles. The zero-order valence-electron chi connectivity index (χ0n) is 22.2. The molecule has 3 unspecified atom stereocenters. The van der Waals surface area contributed by atoms with Crippen molar-refractivity contribution in [3.8, 4) is 16.9 Å². The van der Waals surface area contributed by atoms with E-state index in [9.17, 15) is 39.6 Å². The van der Waals surface area contributed by atoms with Crippen LogP contribution in [0.1, 0.15) is 44.7 Å². The van der Waals surface area contributed by atoms with E-state index in [1.807, 2.05) is 20.8 Å². The largest absolute Gasteiger partial charge is 0.508 e. The number of rotatable bonds is 3. The van der Waals surface area contributed by atoms with Gasteiger partial charge in [0.05, 0.1) is 5.56 Å². The highest BCUT2D eigenvalue weighted by molar-refractivity contribution is 6.22. The topological polar surface area (TPSA) is 187 Å². The minimum Gasteiger partial charge on any atom is -0.508 e. The molecule has 0 bridgehead atoms. The smallest absolute Gasteiger partial charge is 0.255 e. The summed E-state index contributed by atoms with van der Waals surface area (Å²) in [6.45, 7) is 5.42. The number of carbonyl (C=O) groups is 4. The van der Waals surface area contributed by atoms with Gasteiger partial charge in [-0.2, -0.15) is 0 Å². The average Bonchev–Trinajstić information content (AvgIpc) is 2.86. The summed E-state index contributed by atoms with van der Waals surface area (Å²) in [5.74, 6) is -6.80. The SMILES string of the molecule is CC(C)(C)C(=O)Nc1ccc(-c2ccc(O)c3c2CC2CC4CC(=O)C(C(N)=O)=C(O)C4(O)C(=O)C2=C3O)cc1. The zero-order chi connectivity index (χ0) is 29.3. The fraction of sp³-hybridized carbons (Fsp3) is 0.333. The van der Waals surface area contributed by atoms with E-state index in [4.69, 9.17) is 5.73 Å². The first kappa shape index (κ1) is 27.1. The summed E-state index contributed by atoms with van der Waals surface area (Å²) in [5, 5.41) is 46.9. The number of nitrogens with two attached hydrogens (primary N) is 1. The predicted octanol–water partition coefficient (Wildman–Crippen LogP) is 3.08. The van der Waals surface area contributed by atoms with Crippen LogP contribution in [0.2, 0.25) is 0 Å². The molecule has 7 N–H and O–H groups in total. The second kappa shape index (κ2) is 9.06. The van der Waals surface area contributed by atoms with E-state index in [1.165, 1.54) is 6.07 Å². The van der Waals surface area contributed by atoms with Crippen LogP contribution in [0.25, 0.3) is 16.9 Å². The third-order valence-electron chi connectivity index (χ3n) is 8.08. The van der Waals surface area contributed by atoms with Crippen molar-refractivity contribution in [1.29, 1.82) is 0 Å². The Morgan fingerprint density at radius 2 is 1.65 bits per heavy atom. The van der Waals surface area contributed by atoms with Crippen LogP contribution >= 0.6 is 0 Å². The number of aromatic hydroxyl groups is 1. The van der Waals surface area contributed by atoms with Crippen molar-refractivity contribution in [2.45, 2.75) is 45.6 Å². The number of hydrogen-bond acceptors (Lipinski definition) is 8. The summed E-state index contributed by atoms with van der Waals surface area (Å²) in [4.78, 5) is 50.3. The van der Waals surface area contributed by atoms with Gasteiger partial charge in [-0.05, 0) is 53.6 Å². The highest BCUT2D eigenvalue weighted by Crippen LogP contribution is 2.53. The number of anilines is 1. The van der Waals surface area contributed by atoms with Crippen molar-refractivity contribution in [2.24, 2.45) is 23.0 Å². The number of nitrogens with one attached hydrogen (secondary N) is 1. The summed E-state index contributed by atoms with van der Waals surface area (Å²) in [5.41, 5.74) is 3.64. The molecule has 10 nitrogen and oxygen atoms in total. The van der Waals surface area contributed by atoms with Crippen molar-refractivity contribution in [2.75, 3.05) is 5.32 Å². The van der Waals surface area contributed by atoms with E-state index in [0.717, 1.165) is 5.56 Å². The van der Waals surface area contributed by atoms with Gasteiger partial charge in [-0.1, -0.05) is 39.0 Å². The Hall–Kier alpha value is -4.44. The fourth-order valence-corrected chi connectivity index (χ4v) is 5.94. The lowest BCUT2D eigenvalue weighted by molar-refractivity contribution is -0.147. The van der Waals surface area contributed by atoms with Crippen LogP contribution in [0.15, 0.2) is 53.3 Å². The normalized spacial score (nSPS) is 24.3. The lowest BCUT2D eigenvalue weighted by Gasteiger charge is -2.46. The van der Waals surface area contributed by atoms with E-state index < -0.39 is 57.4 Å². The van der Waals surface area contributed by atoms with Crippen molar-refractivity contribution >= 4 is 34.8 Å². The van der Waals surface area contributed by atoms with Gasteiger partial charge in [-0.3, -0.25) is 19.2 Å². The molecule has 2 aromatic carbocycles. The molecule has 2 amide bonds. The third kappa shape index (κ3) is 3.98. The van der Waals surface area contributed by atoms with Crippen LogP contribution in [0.3, 0.4) is 0 Å². The van der Waals surface area contributed by atoms with E-state index in [2.05, 4.69) is 5.32 Å². The Morgan fingerprint density at radius 3 is 2.25 bits per heavy atom. The van der Waals surface area contributed by atoms with Crippen LogP contribution < -0.4 is 11.1 Å². The Morgan fingerprint density at radius 1 is 1.00 bits per heavy atom. The first-order valence-corrected chi connectivity index (χ1v) is 12.9. The molecule has 1 saturated carbocycles. The van der Waals surface area contributed by atoms with Crippen LogP contribution in [-0.2, 0) is 25.6 Å². The fourth-order valence-electron chi connectivity index (χ4n) is 5.94. The monoisotopic (exact) mass is 546 g/mol. The summed E-state index contributed by atoms with van der Waals surface area (Å²) < 4.78 is 0. The number of primary amides is 1. The van der Waals surface area contributed by atoms with Crippen LogP contribution in [0.5, 0.6) is 5.75 Å². The minimum atomic E-state index is -2.60. The van der Waals surface area contributed by atoms with E-state index in [1.54, 1.807) is 30.3 Å². The number of benzene rings is 2. The predicted molar refractivity (Wildman–Crippen MR) is 145 cm³/mol. The molecule has 0 heterocycles. The molecule has 3 aliphatic carbocycles. The maximum Gasteiger partial charge on any atom is 0.255 e. The molecule has 0 radical (unpaired) electrons. The second-order valence-electron chi connectivity index (χ2n) is 11.7. The quantitative estimate of drug-likeness (QED) is 0.317. The van der Waals surface area contributed by atoms with Gasteiger partial charge in [0, 0.05) is 29.0 Å². The van der Waals surface area contributed by atoms with Crippen molar-refractivity contribution < 1.29 is 39.6 Å². The lowest BCUT2D eigenvalue weighted by atomic mass is 9.59. The first-order valence-electron chi connectivity index (χ1n) is 12.9. The zero-order valence-corrected chi connectivity index (χ0v) is 22.2. The standard InChI is InChI=1S/C30H30N2O8/c1-29(2,3)28(39)32-16-6-4-13(5-7-16)17-8-9-19(33)22-18(17)11-14-10-15-12-20(34)23(27(31)38)26(37)30(15,40)25(36)21(14)24(22)35/h4-9,14-15,33,35,37,40H,10-12H2,1-3H3,(H2,31,38)(H,32,39). The summed E-state index contributed by atoms with van der Waals surface area (Å²) in [6, 6.07) is 10.1. The summed E-state index contributed by atoms with van der Waals surface area (Å²) in [7, 11) is 0. The van der Waals surface area contributed by atoms with Gasteiger partial charge >= 0.3 is 0 Å². The molecule has 0 spiro atoms. The molecule has 3 atom stereocenters. The van der Waals surface area contributed by atoms with Crippen molar-refractivity contribution in [3.63, 3.8) is 0 Å². The number of ketones is 2. The van der Waals surface area contributed by atoms with Gasteiger partial charge < -0.3 is 31.5 Å². The number of Topliss-reactive ketones (excluding diaryl/α,β-unsaturated/α-hetero) is 2. The molecule has 5 rings (SSSR count). The molecule has 3 aliphatic rings. The first-order chi connectivity index (χ1) is 18.7. The second-order valence-corrected chi connectivity index (χ2v) is 11.7. The lowest BCUT2D eigenvalue weighted by Crippen LogP contribution is -2.58. The number of amides is 2. The van der Waals surface area contributed by atoms with E-state index in [-0.39, 0.29) is 42.1 Å². The molecule has 0 saturated heterocycles. The molecule has 208 valence electrons. The van der Waals surface area contributed by atoms with Gasteiger partial charge in [-0.15, -0.1) is 0 Å². The molecule has 0 aliphatic heterocycles. The van der Waals surface area contributed by atoms with Crippen LogP contribution in [-0.4, -0.2) is 49.4 Å². The number of carbonyl (C=O) groups excluding carboxylic acids is 4. The highest BCUT2D eigenvalue weighted by Gasteiger charge is 2.60. The number of aliphatic hydroxyl groups excluding tert-OH is 2. The van der Waals surface area contributed by atoms with Crippen LogP contribution in [0.4, 0.5) is 5.69 Å². The molecular weight excluding hydrogens is 516 g/mol. The molecule has 2 aromatic rings. The maximum absolute atomic E-state index is 13.6. The Labute approximate surface area is 229 Å². The Balaban J connectivity index is 1.58. The number of phenols is 1. The van der Waals surface area contributed by atoms with Crippen LogP contribution in [0, 0.1) is 17.3 Å². The molecular formula is C30H30N2O8. The number of hydrogen-bond donors (Lipinski definition) is 6. The summed E-state index contributed by atoms with van der Waals surface area (Å²) >= 11 is 0. The van der Waals surface area contributed by atoms with Gasteiger partial charge in [-0.25, -0.2) is 0 Å². The number of phenolic OH excluding ortho intramolecular Hbond substituents is 1.